The number of rotatable bonds is 8. The van der Waals surface area contributed by atoms with E-state index in [0.717, 1.165) is 9.86 Å². The summed E-state index contributed by atoms with van der Waals surface area (Å²) in [5.74, 6) is 0.536. The van der Waals surface area contributed by atoms with Gasteiger partial charge in [0.25, 0.3) is 5.56 Å². The topological polar surface area (TPSA) is 105 Å². The van der Waals surface area contributed by atoms with E-state index in [1.54, 1.807) is 43.3 Å². The van der Waals surface area contributed by atoms with Gasteiger partial charge in [0.2, 0.25) is 5.82 Å². The summed E-state index contributed by atoms with van der Waals surface area (Å²) in [6.45, 7) is 1.61. The lowest BCUT2D eigenvalue weighted by Gasteiger charge is -2.13. The zero-order valence-corrected chi connectivity index (χ0v) is 23.2. The maximum absolute atomic E-state index is 13.5. The molecule has 0 unspecified atom stereocenters. The van der Waals surface area contributed by atoms with Crippen molar-refractivity contribution in [3.63, 3.8) is 0 Å². The van der Waals surface area contributed by atoms with E-state index in [-0.39, 0.29) is 41.1 Å². The van der Waals surface area contributed by atoms with Crippen molar-refractivity contribution in [2.24, 2.45) is 5.10 Å². The fraction of sp³-hybridized carbons (Fsp3) is 0.143. The third kappa shape index (κ3) is 5.52. The number of hydrogen-bond donors (Lipinski definition) is 0. The first-order chi connectivity index (χ1) is 18.9. The molecular formula is C28H21BrClN3O6. The summed E-state index contributed by atoms with van der Waals surface area (Å²) in [6, 6.07) is 17.6. The van der Waals surface area contributed by atoms with Crippen LogP contribution in [0.15, 0.2) is 79.4 Å². The van der Waals surface area contributed by atoms with Crippen LogP contribution in [0.5, 0.6) is 11.5 Å². The van der Waals surface area contributed by atoms with Gasteiger partial charge in [-0.15, -0.1) is 0 Å². The zero-order valence-electron chi connectivity index (χ0n) is 20.8. The highest BCUT2D eigenvalue weighted by molar-refractivity contribution is 9.10. The smallest absolute Gasteiger partial charge is 0.344 e. The Morgan fingerprint density at radius 2 is 2.00 bits per heavy atom. The van der Waals surface area contributed by atoms with Crippen LogP contribution < -0.4 is 15.0 Å². The highest BCUT2D eigenvalue weighted by Gasteiger charge is 2.18. The monoisotopic (exact) mass is 609 g/mol. The van der Waals surface area contributed by atoms with Gasteiger partial charge in [-0.2, -0.15) is 9.78 Å². The number of ether oxygens (including phenoxy) is 3. The van der Waals surface area contributed by atoms with E-state index in [1.807, 2.05) is 24.3 Å². The first-order valence-electron chi connectivity index (χ1n) is 11.8. The molecule has 39 heavy (non-hydrogen) atoms. The standard InChI is InChI=1S/C28H21BrClN3O6/c1-3-37-25(34)15-38-26-20(30)10-16(11-23(26)36-2)14-31-33-27(32-21-7-5-4-6-19(21)28(33)35)24-13-17-12-18(29)8-9-22(17)39-24/h4-14H,3,15H2,1-2H3. The van der Waals surface area contributed by atoms with Crippen molar-refractivity contribution < 1.29 is 23.4 Å². The summed E-state index contributed by atoms with van der Waals surface area (Å²) in [7, 11) is 1.44. The molecule has 0 aliphatic carbocycles. The summed E-state index contributed by atoms with van der Waals surface area (Å²) in [5.41, 5.74) is 1.29. The van der Waals surface area contributed by atoms with E-state index in [0.29, 0.717) is 27.8 Å². The van der Waals surface area contributed by atoms with Crippen molar-refractivity contribution in [1.29, 1.82) is 0 Å². The molecule has 0 aliphatic rings. The van der Waals surface area contributed by atoms with Gasteiger partial charge in [0.05, 0.1) is 35.9 Å². The molecule has 5 rings (SSSR count). The van der Waals surface area contributed by atoms with Crippen molar-refractivity contribution in [1.82, 2.24) is 9.66 Å². The predicted molar refractivity (Wildman–Crippen MR) is 152 cm³/mol. The molecule has 0 N–H and O–H groups in total. The number of aromatic nitrogens is 2. The average molecular weight is 611 g/mol. The molecule has 0 radical (unpaired) electrons. The number of benzene rings is 3. The van der Waals surface area contributed by atoms with E-state index >= 15 is 0 Å². The summed E-state index contributed by atoms with van der Waals surface area (Å²) >= 11 is 9.90. The summed E-state index contributed by atoms with van der Waals surface area (Å²) in [5, 5.41) is 5.88. The molecule has 0 saturated heterocycles. The molecule has 5 aromatic rings. The minimum absolute atomic E-state index is 0.183. The van der Waals surface area contributed by atoms with Crippen molar-refractivity contribution >= 4 is 61.6 Å². The fourth-order valence-corrected chi connectivity index (χ4v) is 4.58. The number of para-hydroxylation sites is 1. The molecule has 2 heterocycles. The summed E-state index contributed by atoms with van der Waals surface area (Å²) in [6.07, 6.45) is 1.45. The van der Waals surface area contributed by atoms with E-state index in [1.165, 1.54) is 18.0 Å². The average Bonchev–Trinajstić information content (AvgIpc) is 3.34. The molecule has 3 aromatic carbocycles. The summed E-state index contributed by atoms with van der Waals surface area (Å²) < 4.78 is 23.9. The van der Waals surface area contributed by atoms with Gasteiger partial charge in [0, 0.05) is 9.86 Å². The number of carbonyl (C=O) groups excluding carboxylic acids is 1. The normalized spacial score (nSPS) is 11.4. The van der Waals surface area contributed by atoms with Crippen molar-refractivity contribution in [2.45, 2.75) is 6.92 Å². The molecular weight excluding hydrogens is 590 g/mol. The molecule has 0 aliphatic heterocycles. The highest BCUT2D eigenvalue weighted by atomic mass is 79.9. The van der Waals surface area contributed by atoms with Crippen LogP contribution in [0.2, 0.25) is 5.02 Å². The lowest BCUT2D eigenvalue weighted by Crippen LogP contribution is -2.20. The molecule has 2 aromatic heterocycles. The van der Waals surface area contributed by atoms with Gasteiger partial charge in [-0.25, -0.2) is 9.78 Å². The van der Waals surface area contributed by atoms with Crippen molar-refractivity contribution in [3.8, 4) is 23.1 Å². The summed E-state index contributed by atoms with van der Waals surface area (Å²) in [4.78, 5) is 29.9. The predicted octanol–water partition coefficient (Wildman–Crippen LogP) is 6.06. The minimum Gasteiger partial charge on any atom is -0.493 e. The molecule has 9 nitrogen and oxygen atoms in total. The second-order valence-corrected chi connectivity index (χ2v) is 9.56. The maximum atomic E-state index is 13.5. The number of hydrogen-bond acceptors (Lipinski definition) is 8. The molecule has 0 atom stereocenters. The molecule has 0 saturated carbocycles. The van der Waals surface area contributed by atoms with Crippen LogP contribution in [0.25, 0.3) is 33.5 Å². The highest BCUT2D eigenvalue weighted by Crippen LogP contribution is 2.36. The molecule has 0 spiro atoms. The third-order valence-corrected chi connectivity index (χ3v) is 6.44. The SMILES string of the molecule is CCOC(=O)COc1c(Cl)cc(C=Nn2c(-c3cc4cc(Br)ccc4o3)nc3ccccc3c2=O)cc1OC. The number of nitrogens with zero attached hydrogens (tertiary/aromatic N) is 3. The lowest BCUT2D eigenvalue weighted by atomic mass is 10.2. The van der Waals surface area contributed by atoms with Crippen LogP contribution in [0.1, 0.15) is 12.5 Å². The zero-order chi connectivity index (χ0) is 27.5. The molecule has 11 heteroatoms. The van der Waals surface area contributed by atoms with E-state index < -0.39 is 5.97 Å². The maximum Gasteiger partial charge on any atom is 0.344 e. The van der Waals surface area contributed by atoms with Crippen molar-refractivity contribution in [3.05, 3.63) is 86.1 Å². The molecule has 0 bridgehead atoms. The van der Waals surface area contributed by atoms with Gasteiger partial charge in [-0.3, -0.25) is 4.79 Å². The van der Waals surface area contributed by atoms with E-state index in [4.69, 9.17) is 30.2 Å². The molecule has 0 amide bonds. The Morgan fingerprint density at radius 1 is 1.18 bits per heavy atom. The van der Waals surface area contributed by atoms with Crippen LogP contribution in [0.3, 0.4) is 0 Å². The molecule has 0 fully saturated rings. The number of esters is 1. The van der Waals surface area contributed by atoms with Crippen LogP contribution in [-0.4, -0.2) is 42.2 Å². The largest absolute Gasteiger partial charge is 0.493 e. The van der Waals surface area contributed by atoms with E-state index in [2.05, 4.69) is 26.0 Å². The number of methoxy groups -OCH3 is 1. The lowest BCUT2D eigenvalue weighted by molar-refractivity contribution is -0.145. The van der Waals surface area contributed by atoms with Gasteiger partial charge in [-0.1, -0.05) is 39.7 Å². The van der Waals surface area contributed by atoms with E-state index in [9.17, 15) is 9.59 Å². The first kappa shape index (κ1) is 26.5. The number of carbonyl (C=O) groups is 1. The fourth-order valence-electron chi connectivity index (χ4n) is 3.93. The Hall–Kier alpha value is -4.15. The third-order valence-electron chi connectivity index (χ3n) is 5.67. The Labute approximate surface area is 235 Å². The van der Waals surface area contributed by atoms with Crippen LogP contribution in [0.4, 0.5) is 0 Å². The Morgan fingerprint density at radius 3 is 2.79 bits per heavy atom. The second kappa shape index (κ2) is 11.3. The van der Waals surface area contributed by atoms with Gasteiger partial charge in [0.1, 0.15) is 5.58 Å². The number of fused-ring (bicyclic) bond motifs is 2. The van der Waals surface area contributed by atoms with Crippen LogP contribution in [0, 0.1) is 0 Å². The Balaban J connectivity index is 1.57. The Kier molecular flexibility index (Phi) is 7.67. The molecule has 198 valence electrons. The van der Waals surface area contributed by atoms with Crippen LogP contribution >= 0.6 is 27.5 Å². The van der Waals surface area contributed by atoms with Gasteiger partial charge >= 0.3 is 5.97 Å². The Bertz CT molecular complexity index is 1800. The van der Waals surface area contributed by atoms with Gasteiger partial charge in [-0.05, 0) is 61.0 Å². The quantitative estimate of drug-likeness (QED) is 0.155. The first-order valence-corrected chi connectivity index (χ1v) is 13.0. The van der Waals surface area contributed by atoms with Crippen LogP contribution in [-0.2, 0) is 9.53 Å². The van der Waals surface area contributed by atoms with Gasteiger partial charge in [0.15, 0.2) is 23.9 Å². The minimum atomic E-state index is -0.532. The number of halogens is 2. The van der Waals surface area contributed by atoms with Crippen molar-refractivity contribution in [2.75, 3.05) is 20.3 Å². The second-order valence-electron chi connectivity index (χ2n) is 8.23. The number of furan rings is 1. The van der Waals surface area contributed by atoms with Gasteiger partial charge < -0.3 is 18.6 Å².